The van der Waals surface area contributed by atoms with E-state index in [-0.39, 0.29) is 5.91 Å². The van der Waals surface area contributed by atoms with Crippen LogP contribution < -0.4 is 5.32 Å². The maximum atomic E-state index is 12.8. The number of carbonyl (C=O) groups is 1. The number of benzene rings is 2. The molecule has 26 heavy (non-hydrogen) atoms. The topological polar surface area (TPSA) is 59.8 Å². The van der Waals surface area contributed by atoms with E-state index in [2.05, 4.69) is 15.3 Å². The second kappa shape index (κ2) is 6.98. The van der Waals surface area contributed by atoms with E-state index in [0.717, 1.165) is 10.9 Å². The molecular formula is C20H15ClN4O. The Morgan fingerprint density at radius 1 is 1.00 bits per heavy atom. The predicted molar refractivity (Wildman–Crippen MR) is 102 cm³/mol. The van der Waals surface area contributed by atoms with E-state index < -0.39 is 0 Å². The summed E-state index contributed by atoms with van der Waals surface area (Å²) in [5, 5.41) is 4.46. The molecule has 2 aromatic heterocycles. The van der Waals surface area contributed by atoms with Crippen molar-refractivity contribution in [2.24, 2.45) is 0 Å². The van der Waals surface area contributed by atoms with Crippen molar-refractivity contribution < 1.29 is 4.79 Å². The predicted octanol–water partition coefficient (Wildman–Crippen LogP) is 4.39. The summed E-state index contributed by atoms with van der Waals surface area (Å²) in [6, 6.07) is 16.9. The maximum absolute atomic E-state index is 12.8. The number of rotatable bonds is 4. The lowest BCUT2D eigenvalue weighted by molar-refractivity contribution is 0.102. The maximum Gasteiger partial charge on any atom is 0.260 e. The van der Waals surface area contributed by atoms with Crippen LogP contribution in [0.15, 0.2) is 73.2 Å². The molecule has 0 unspecified atom stereocenters. The van der Waals surface area contributed by atoms with Crippen LogP contribution >= 0.6 is 11.6 Å². The summed E-state index contributed by atoms with van der Waals surface area (Å²) in [5.74, 6) is 0.212. The molecule has 2 heterocycles. The van der Waals surface area contributed by atoms with Crippen LogP contribution in [0.5, 0.6) is 0 Å². The van der Waals surface area contributed by atoms with Gasteiger partial charge in [0.2, 0.25) is 5.95 Å². The molecule has 0 bridgehead atoms. The third-order valence-corrected chi connectivity index (χ3v) is 4.49. The van der Waals surface area contributed by atoms with Crippen LogP contribution in [0, 0.1) is 0 Å². The Hall–Kier alpha value is -3.18. The molecule has 0 aliphatic heterocycles. The number of hydrogen-bond donors (Lipinski definition) is 1. The highest BCUT2D eigenvalue weighted by Crippen LogP contribution is 2.20. The van der Waals surface area contributed by atoms with Crippen molar-refractivity contribution in [2.75, 3.05) is 5.32 Å². The van der Waals surface area contributed by atoms with Gasteiger partial charge in [-0.3, -0.25) is 15.1 Å². The van der Waals surface area contributed by atoms with Gasteiger partial charge in [0.15, 0.2) is 0 Å². The van der Waals surface area contributed by atoms with Crippen molar-refractivity contribution in [2.45, 2.75) is 6.54 Å². The van der Waals surface area contributed by atoms with Crippen molar-refractivity contribution in [1.82, 2.24) is 14.5 Å². The van der Waals surface area contributed by atoms with Crippen LogP contribution in [0.1, 0.15) is 15.9 Å². The number of para-hydroxylation sites is 1. The highest BCUT2D eigenvalue weighted by Gasteiger charge is 2.14. The third kappa shape index (κ3) is 3.17. The molecule has 6 heteroatoms. The molecule has 0 fully saturated rings. The molecule has 128 valence electrons. The lowest BCUT2D eigenvalue weighted by Crippen LogP contribution is -2.17. The number of amides is 1. The van der Waals surface area contributed by atoms with Gasteiger partial charge in [0.05, 0.1) is 17.6 Å². The van der Waals surface area contributed by atoms with E-state index in [0.29, 0.717) is 28.6 Å². The van der Waals surface area contributed by atoms with Gasteiger partial charge in [0.25, 0.3) is 5.91 Å². The van der Waals surface area contributed by atoms with E-state index >= 15 is 0 Å². The van der Waals surface area contributed by atoms with Crippen molar-refractivity contribution in [3.05, 3.63) is 89.3 Å². The number of carbonyl (C=O) groups excluding carboxylic acids is 1. The molecule has 2 aromatic carbocycles. The summed E-state index contributed by atoms with van der Waals surface area (Å²) in [6.45, 7) is 0.517. The monoisotopic (exact) mass is 362 g/mol. The van der Waals surface area contributed by atoms with Gasteiger partial charge in [0, 0.05) is 29.0 Å². The van der Waals surface area contributed by atoms with Crippen LogP contribution in [0.3, 0.4) is 0 Å². The number of nitrogens with zero attached hydrogens (tertiary/aromatic N) is 3. The number of halogens is 1. The van der Waals surface area contributed by atoms with Crippen LogP contribution in [0.4, 0.5) is 5.95 Å². The number of pyridine rings is 1. The fraction of sp³-hybridized carbons (Fsp3) is 0.0500. The molecule has 4 rings (SSSR count). The molecule has 0 saturated carbocycles. The molecule has 0 atom stereocenters. The van der Waals surface area contributed by atoms with Gasteiger partial charge in [-0.2, -0.15) is 0 Å². The SMILES string of the molecule is O=C(Nc1nccn1Cc1ccccc1Cl)c1cccc2cccnc12. The van der Waals surface area contributed by atoms with Crippen LogP contribution in [0.2, 0.25) is 5.02 Å². The summed E-state index contributed by atoms with van der Waals surface area (Å²) in [7, 11) is 0. The number of aromatic nitrogens is 3. The summed E-state index contributed by atoms with van der Waals surface area (Å²) in [5.41, 5.74) is 2.13. The van der Waals surface area contributed by atoms with Crippen molar-refractivity contribution in [1.29, 1.82) is 0 Å². The van der Waals surface area contributed by atoms with Gasteiger partial charge in [0.1, 0.15) is 0 Å². The molecule has 5 nitrogen and oxygen atoms in total. The highest BCUT2D eigenvalue weighted by atomic mass is 35.5. The molecule has 0 saturated heterocycles. The Morgan fingerprint density at radius 2 is 1.85 bits per heavy atom. The minimum absolute atomic E-state index is 0.249. The van der Waals surface area contributed by atoms with Gasteiger partial charge in [-0.15, -0.1) is 0 Å². The first kappa shape index (κ1) is 16.3. The molecule has 0 aliphatic rings. The Bertz CT molecular complexity index is 1080. The zero-order chi connectivity index (χ0) is 17.9. The lowest BCUT2D eigenvalue weighted by Gasteiger charge is -2.11. The van der Waals surface area contributed by atoms with Crippen LogP contribution in [-0.2, 0) is 6.54 Å². The smallest absolute Gasteiger partial charge is 0.260 e. The van der Waals surface area contributed by atoms with E-state index in [9.17, 15) is 4.79 Å². The standard InChI is InChI=1S/C20H15ClN4O/c21-17-9-2-1-5-15(17)13-25-12-11-23-20(25)24-19(26)16-8-3-6-14-7-4-10-22-18(14)16/h1-12H,13H2,(H,23,24,26). The molecule has 0 aliphatic carbocycles. The number of nitrogens with one attached hydrogen (secondary N) is 1. The lowest BCUT2D eigenvalue weighted by atomic mass is 10.1. The molecule has 0 spiro atoms. The first-order chi connectivity index (χ1) is 12.7. The average molecular weight is 363 g/mol. The molecule has 1 N–H and O–H groups in total. The number of fused-ring (bicyclic) bond motifs is 1. The van der Waals surface area contributed by atoms with E-state index in [1.54, 1.807) is 24.7 Å². The van der Waals surface area contributed by atoms with Crippen molar-refractivity contribution in [3.8, 4) is 0 Å². The minimum Gasteiger partial charge on any atom is -0.313 e. The van der Waals surface area contributed by atoms with Crippen molar-refractivity contribution in [3.63, 3.8) is 0 Å². The number of hydrogen-bond acceptors (Lipinski definition) is 3. The quantitative estimate of drug-likeness (QED) is 0.586. The van der Waals surface area contributed by atoms with Gasteiger partial charge in [-0.25, -0.2) is 4.98 Å². The van der Waals surface area contributed by atoms with E-state index in [1.807, 2.05) is 53.1 Å². The largest absolute Gasteiger partial charge is 0.313 e. The van der Waals surface area contributed by atoms with E-state index in [1.165, 1.54) is 0 Å². The zero-order valence-electron chi connectivity index (χ0n) is 13.8. The second-order valence-electron chi connectivity index (χ2n) is 5.80. The van der Waals surface area contributed by atoms with Crippen molar-refractivity contribution >= 4 is 34.4 Å². The normalized spacial score (nSPS) is 10.8. The van der Waals surface area contributed by atoms with Crippen LogP contribution in [-0.4, -0.2) is 20.4 Å². The first-order valence-corrected chi connectivity index (χ1v) is 8.50. The molecule has 1 amide bonds. The van der Waals surface area contributed by atoms with Gasteiger partial charge in [-0.05, 0) is 23.8 Å². The second-order valence-corrected chi connectivity index (χ2v) is 6.21. The third-order valence-electron chi connectivity index (χ3n) is 4.12. The summed E-state index contributed by atoms with van der Waals surface area (Å²) >= 11 is 6.23. The number of imidazole rings is 1. The van der Waals surface area contributed by atoms with Gasteiger partial charge < -0.3 is 4.57 Å². The van der Waals surface area contributed by atoms with Gasteiger partial charge in [-0.1, -0.05) is 48.0 Å². The summed E-state index contributed by atoms with van der Waals surface area (Å²) in [4.78, 5) is 21.4. The Balaban J connectivity index is 1.61. The zero-order valence-corrected chi connectivity index (χ0v) is 14.5. The van der Waals surface area contributed by atoms with E-state index in [4.69, 9.17) is 11.6 Å². The average Bonchev–Trinajstić information content (AvgIpc) is 3.10. The summed E-state index contributed by atoms with van der Waals surface area (Å²) < 4.78 is 1.84. The van der Waals surface area contributed by atoms with Crippen LogP contribution in [0.25, 0.3) is 10.9 Å². The van der Waals surface area contributed by atoms with Gasteiger partial charge >= 0.3 is 0 Å². The Labute approximate surface area is 155 Å². The first-order valence-electron chi connectivity index (χ1n) is 8.12. The summed E-state index contributed by atoms with van der Waals surface area (Å²) in [6.07, 6.45) is 5.13. The minimum atomic E-state index is -0.249. The Morgan fingerprint density at radius 3 is 2.73 bits per heavy atom. The molecule has 0 radical (unpaired) electrons. The Kier molecular flexibility index (Phi) is 4.37. The fourth-order valence-corrected chi connectivity index (χ4v) is 3.02. The highest BCUT2D eigenvalue weighted by molar-refractivity contribution is 6.31. The molecule has 4 aromatic rings. The fourth-order valence-electron chi connectivity index (χ4n) is 2.83. The number of anilines is 1. The molecular weight excluding hydrogens is 348 g/mol.